The van der Waals surface area contributed by atoms with E-state index >= 15 is 0 Å². The number of hydrogen-bond donors (Lipinski definition) is 2. The Morgan fingerprint density at radius 1 is 1.14 bits per heavy atom. The van der Waals surface area contributed by atoms with E-state index in [1.54, 1.807) is 0 Å². The summed E-state index contributed by atoms with van der Waals surface area (Å²) in [5.74, 6) is 2.27. The molecular formula is C22H36N4O2. The van der Waals surface area contributed by atoms with Gasteiger partial charge in [-0.1, -0.05) is 19.3 Å². The largest absolute Gasteiger partial charge is 0.377 e. The Morgan fingerprint density at radius 2 is 1.96 bits per heavy atom. The van der Waals surface area contributed by atoms with Crippen molar-refractivity contribution in [3.05, 3.63) is 0 Å². The number of carbonyl (C=O) groups is 1. The van der Waals surface area contributed by atoms with E-state index < -0.39 is 0 Å². The van der Waals surface area contributed by atoms with E-state index in [9.17, 15) is 4.79 Å². The fourth-order valence-corrected chi connectivity index (χ4v) is 6.60. The van der Waals surface area contributed by atoms with Gasteiger partial charge in [0.25, 0.3) is 0 Å². The van der Waals surface area contributed by atoms with Gasteiger partial charge in [-0.15, -0.1) is 0 Å². The molecule has 0 radical (unpaired) electrons. The maximum absolute atomic E-state index is 12.7. The highest BCUT2D eigenvalue weighted by atomic mass is 16.5. The van der Waals surface area contributed by atoms with Gasteiger partial charge >= 0.3 is 0 Å². The SMILES string of the molecule is CCN=C(NC1CCN(C(=O)C2CCCC2)C1)NC1C2CCOC2C12CCC2. The molecule has 4 unspecified atom stereocenters. The van der Waals surface area contributed by atoms with Crippen molar-refractivity contribution in [1.29, 1.82) is 0 Å². The fraction of sp³-hybridized carbons (Fsp3) is 0.909. The molecule has 3 aliphatic carbocycles. The molecule has 5 aliphatic rings. The van der Waals surface area contributed by atoms with E-state index in [1.165, 1.54) is 38.5 Å². The summed E-state index contributed by atoms with van der Waals surface area (Å²) in [6, 6.07) is 0.820. The Balaban J connectivity index is 1.19. The van der Waals surface area contributed by atoms with Crippen LogP contribution in [0, 0.1) is 17.3 Å². The zero-order valence-corrected chi connectivity index (χ0v) is 17.3. The minimum absolute atomic E-state index is 0.286. The molecule has 6 nitrogen and oxygen atoms in total. The predicted molar refractivity (Wildman–Crippen MR) is 109 cm³/mol. The molecule has 2 saturated heterocycles. The molecular weight excluding hydrogens is 352 g/mol. The molecule has 0 bridgehead atoms. The van der Waals surface area contributed by atoms with Crippen LogP contribution in [0.4, 0.5) is 0 Å². The van der Waals surface area contributed by atoms with Crippen LogP contribution in [-0.4, -0.2) is 61.2 Å². The fourth-order valence-electron chi connectivity index (χ4n) is 6.60. The molecule has 1 amide bonds. The zero-order valence-electron chi connectivity index (χ0n) is 17.3. The number of rotatable bonds is 4. The second-order valence-corrected chi connectivity index (χ2v) is 9.67. The van der Waals surface area contributed by atoms with Gasteiger partial charge in [-0.25, -0.2) is 0 Å². The predicted octanol–water partition coefficient (Wildman–Crippen LogP) is 2.29. The Labute approximate surface area is 168 Å². The lowest BCUT2D eigenvalue weighted by atomic mass is 9.46. The lowest BCUT2D eigenvalue weighted by Crippen LogP contribution is -2.72. The summed E-state index contributed by atoms with van der Waals surface area (Å²) in [4.78, 5) is 19.6. The van der Waals surface area contributed by atoms with Crippen molar-refractivity contribution in [2.45, 2.75) is 82.9 Å². The highest BCUT2D eigenvalue weighted by Gasteiger charge is 2.66. The Kier molecular flexibility index (Phi) is 5.02. The van der Waals surface area contributed by atoms with Crippen molar-refractivity contribution in [3.8, 4) is 0 Å². The van der Waals surface area contributed by atoms with Gasteiger partial charge < -0.3 is 20.3 Å². The molecule has 0 aromatic heterocycles. The van der Waals surface area contributed by atoms with Crippen molar-refractivity contribution in [3.63, 3.8) is 0 Å². The van der Waals surface area contributed by atoms with Crippen LogP contribution in [0.5, 0.6) is 0 Å². The monoisotopic (exact) mass is 388 g/mol. The number of amides is 1. The molecule has 2 N–H and O–H groups in total. The standard InChI is InChI=1S/C22H36N4O2/c1-2-23-21(25-18-17-9-13-28-19(17)22(18)10-5-11-22)24-16-8-12-26(14-16)20(27)15-6-3-4-7-15/h15-19H,2-14H2,1H3,(H2,23,24,25). The number of likely N-dealkylation sites (tertiary alicyclic amines) is 1. The van der Waals surface area contributed by atoms with Crippen molar-refractivity contribution in [2.75, 3.05) is 26.2 Å². The minimum Gasteiger partial charge on any atom is -0.377 e. The zero-order chi connectivity index (χ0) is 19.1. The van der Waals surface area contributed by atoms with E-state index in [1.807, 2.05) is 0 Å². The summed E-state index contributed by atoms with van der Waals surface area (Å²) < 4.78 is 6.06. The molecule has 1 spiro atoms. The first-order valence-electron chi connectivity index (χ1n) is 11.7. The third-order valence-corrected chi connectivity index (χ3v) is 8.19. The highest BCUT2D eigenvalue weighted by Crippen LogP contribution is 2.62. The maximum atomic E-state index is 12.7. The van der Waals surface area contributed by atoms with Gasteiger partial charge in [0, 0.05) is 55.6 Å². The lowest BCUT2D eigenvalue weighted by molar-refractivity contribution is -0.171. The van der Waals surface area contributed by atoms with E-state index in [-0.39, 0.29) is 5.92 Å². The molecule has 6 heteroatoms. The van der Waals surface area contributed by atoms with Gasteiger partial charge in [-0.2, -0.15) is 0 Å². The van der Waals surface area contributed by atoms with E-state index in [0.29, 0.717) is 35.4 Å². The molecule has 5 fully saturated rings. The van der Waals surface area contributed by atoms with Crippen molar-refractivity contribution in [2.24, 2.45) is 22.2 Å². The number of nitrogens with one attached hydrogen (secondary N) is 2. The number of carbonyl (C=O) groups excluding carboxylic acids is 1. The summed E-state index contributed by atoms with van der Waals surface area (Å²) in [5.41, 5.74) is 0.359. The molecule has 0 aromatic carbocycles. The second kappa shape index (κ2) is 7.51. The maximum Gasteiger partial charge on any atom is 0.225 e. The molecule has 28 heavy (non-hydrogen) atoms. The van der Waals surface area contributed by atoms with Crippen LogP contribution >= 0.6 is 0 Å². The smallest absolute Gasteiger partial charge is 0.225 e. The average Bonchev–Trinajstić information content (AvgIpc) is 3.39. The van der Waals surface area contributed by atoms with Crippen LogP contribution in [0.15, 0.2) is 4.99 Å². The molecule has 0 aromatic rings. The molecule has 2 heterocycles. The minimum atomic E-state index is 0.286. The Hall–Kier alpha value is -1.30. The molecule has 2 aliphatic heterocycles. The van der Waals surface area contributed by atoms with Crippen LogP contribution in [0.3, 0.4) is 0 Å². The quantitative estimate of drug-likeness (QED) is 0.573. The van der Waals surface area contributed by atoms with Crippen LogP contribution in [0.25, 0.3) is 0 Å². The number of ether oxygens (including phenoxy) is 1. The van der Waals surface area contributed by atoms with E-state index in [4.69, 9.17) is 9.73 Å². The van der Waals surface area contributed by atoms with Crippen molar-refractivity contribution >= 4 is 11.9 Å². The van der Waals surface area contributed by atoms with Gasteiger partial charge in [-0.05, 0) is 45.4 Å². The highest BCUT2D eigenvalue weighted by molar-refractivity contribution is 5.82. The molecule has 5 rings (SSSR count). The Morgan fingerprint density at radius 3 is 2.68 bits per heavy atom. The van der Waals surface area contributed by atoms with Crippen LogP contribution < -0.4 is 10.6 Å². The number of hydrogen-bond acceptors (Lipinski definition) is 3. The van der Waals surface area contributed by atoms with Gasteiger partial charge in [0.2, 0.25) is 5.91 Å². The summed E-state index contributed by atoms with van der Waals surface area (Å²) in [6.45, 7) is 5.50. The Bertz CT molecular complexity index is 626. The van der Waals surface area contributed by atoms with Crippen LogP contribution in [0.2, 0.25) is 0 Å². The van der Waals surface area contributed by atoms with Gasteiger partial charge in [0.15, 0.2) is 5.96 Å². The number of fused-ring (bicyclic) bond motifs is 2. The summed E-state index contributed by atoms with van der Waals surface area (Å²) >= 11 is 0. The van der Waals surface area contributed by atoms with Crippen molar-refractivity contribution < 1.29 is 9.53 Å². The number of guanidine groups is 1. The molecule has 3 saturated carbocycles. The van der Waals surface area contributed by atoms with Gasteiger partial charge in [0.05, 0.1) is 6.10 Å². The van der Waals surface area contributed by atoms with Crippen LogP contribution in [-0.2, 0) is 9.53 Å². The van der Waals surface area contributed by atoms with Crippen LogP contribution in [0.1, 0.15) is 64.7 Å². The third kappa shape index (κ3) is 3.03. The number of nitrogens with zero attached hydrogens (tertiary/aromatic N) is 2. The molecule has 156 valence electrons. The van der Waals surface area contributed by atoms with Gasteiger partial charge in [-0.3, -0.25) is 9.79 Å². The summed E-state index contributed by atoms with van der Waals surface area (Å²) in [5, 5.41) is 7.46. The number of aliphatic imine (C=N–C) groups is 1. The van der Waals surface area contributed by atoms with Gasteiger partial charge in [0.1, 0.15) is 0 Å². The first-order chi connectivity index (χ1) is 13.7. The topological polar surface area (TPSA) is 66.0 Å². The normalized spacial score (nSPS) is 36.9. The van der Waals surface area contributed by atoms with Crippen molar-refractivity contribution in [1.82, 2.24) is 15.5 Å². The summed E-state index contributed by atoms with van der Waals surface area (Å²) in [6.07, 6.45) is 11.2. The second-order valence-electron chi connectivity index (χ2n) is 9.67. The van der Waals surface area contributed by atoms with E-state index in [2.05, 4.69) is 22.5 Å². The summed E-state index contributed by atoms with van der Waals surface area (Å²) in [7, 11) is 0. The first kappa shape index (κ1) is 18.7. The lowest BCUT2D eigenvalue weighted by Gasteiger charge is -2.63. The molecule has 4 atom stereocenters. The average molecular weight is 389 g/mol. The van der Waals surface area contributed by atoms with E-state index in [0.717, 1.165) is 51.5 Å². The first-order valence-corrected chi connectivity index (χ1v) is 11.7. The third-order valence-electron chi connectivity index (χ3n) is 8.19.